The first-order chi connectivity index (χ1) is 12.6. The first-order valence-electron chi connectivity index (χ1n) is 8.39. The second-order valence-corrected chi connectivity index (χ2v) is 7.43. The number of hydrogen-bond acceptors (Lipinski definition) is 5. The van der Waals surface area contributed by atoms with Crippen LogP contribution in [0.15, 0.2) is 53.1 Å². The van der Waals surface area contributed by atoms with Crippen LogP contribution in [0.4, 0.5) is 5.82 Å². The highest BCUT2D eigenvalue weighted by Crippen LogP contribution is 2.31. The molecule has 1 amide bonds. The number of nitrogens with zero attached hydrogens (tertiary/aromatic N) is 3. The normalized spacial score (nSPS) is 11.3. The van der Waals surface area contributed by atoms with Crippen molar-refractivity contribution in [1.29, 1.82) is 0 Å². The lowest BCUT2D eigenvalue weighted by Gasteiger charge is -2.10. The molecule has 0 spiro atoms. The molecule has 3 heterocycles. The quantitative estimate of drug-likeness (QED) is 0.557. The Hall–Kier alpha value is -2.93. The van der Waals surface area contributed by atoms with Gasteiger partial charge in [0, 0.05) is 12.6 Å². The summed E-state index contributed by atoms with van der Waals surface area (Å²) in [5, 5.41) is 7.86. The van der Waals surface area contributed by atoms with Crippen molar-refractivity contribution in [3.63, 3.8) is 0 Å². The topological polar surface area (TPSA) is 73.0 Å². The first-order valence-corrected chi connectivity index (χ1v) is 9.21. The summed E-state index contributed by atoms with van der Waals surface area (Å²) in [6, 6.07) is 13.1. The standard InChI is InChI=1S/C19H18N4O2S/c1-12(2)11-23-17(9-10-20-23)22-18(24)14-7-8-15(25-14)19-21-13-5-3-4-6-16(13)26-19/h3-10,12H,11H2,1-2H3,(H,22,24). The number of benzene rings is 1. The van der Waals surface area contributed by atoms with Gasteiger partial charge in [0.25, 0.3) is 5.91 Å². The van der Waals surface area contributed by atoms with Gasteiger partial charge in [-0.1, -0.05) is 26.0 Å². The van der Waals surface area contributed by atoms with Crippen LogP contribution in [0.1, 0.15) is 24.4 Å². The molecule has 0 saturated carbocycles. The summed E-state index contributed by atoms with van der Waals surface area (Å²) >= 11 is 1.54. The van der Waals surface area contributed by atoms with Gasteiger partial charge in [-0.05, 0) is 30.2 Å². The molecule has 3 aromatic heterocycles. The van der Waals surface area contributed by atoms with E-state index in [9.17, 15) is 4.79 Å². The molecule has 4 aromatic rings. The SMILES string of the molecule is CC(C)Cn1nccc1NC(=O)c1ccc(-c2nc3ccccc3s2)o1. The maximum absolute atomic E-state index is 12.5. The largest absolute Gasteiger partial charge is 0.448 e. The number of rotatable bonds is 5. The zero-order valence-electron chi connectivity index (χ0n) is 14.5. The fraction of sp³-hybridized carbons (Fsp3) is 0.211. The predicted octanol–water partition coefficient (Wildman–Crippen LogP) is 4.66. The van der Waals surface area contributed by atoms with E-state index in [-0.39, 0.29) is 11.7 Å². The van der Waals surface area contributed by atoms with Crippen LogP contribution in [0, 0.1) is 5.92 Å². The second-order valence-electron chi connectivity index (χ2n) is 6.40. The molecular formula is C19H18N4O2S. The third-order valence-electron chi connectivity index (χ3n) is 3.83. The number of para-hydroxylation sites is 1. The lowest BCUT2D eigenvalue weighted by Crippen LogP contribution is -2.16. The molecule has 132 valence electrons. The molecule has 0 bridgehead atoms. The van der Waals surface area contributed by atoms with Crippen molar-refractivity contribution >= 4 is 33.3 Å². The molecule has 0 radical (unpaired) electrons. The van der Waals surface area contributed by atoms with E-state index in [0.29, 0.717) is 17.5 Å². The Bertz CT molecular complexity index is 1030. The second kappa shape index (κ2) is 6.76. The molecular weight excluding hydrogens is 348 g/mol. The minimum absolute atomic E-state index is 0.247. The molecule has 1 N–H and O–H groups in total. The molecule has 0 atom stereocenters. The summed E-state index contributed by atoms with van der Waals surface area (Å²) in [6.45, 7) is 4.94. The summed E-state index contributed by atoms with van der Waals surface area (Å²) in [5.41, 5.74) is 0.924. The average Bonchev–Trinajstić information content (AvgIpc) is 3.33. The molecule has 7 heteroatoms. The molecule has 1 aromatic carbocycles. The van der Waals surface area contributed by atoms with Crippen LogP contribution in [-0.4, -0.2) is 20.7 Å². The van der Waals surface area contributed by atoms with Gasteiger partial charge in [-0.15, -0.1) is 11.3 Å². The van der Waals surface area contributed by atoms with Gasteiger partial charge in [-0.3, -0.25) is 4.79 Å². The number of anilines is 1. The van der Waals surface area contributed by atoms with E-state index in [4.69, 9.17) is 4.42 Å². The highest BCUT2D eigenvalue weighted by molar-refractivity contribution is 7.21. The fourth-order valence-corrected chi connectivity index (χ4v) is 3.59. The lowest BCUT2D eigenvalue weighted by molar-refractivity contribution is 0.0996. The summed E-state index contributed by atoms with van der Waals surface area (Å²) in [5.74, 6) is 1.62. The minimum Gasteiger partial charge on any atom is -0.448 e. The van der Waals surface area contributed by atoms with Gasteiger partial charge in [0.1, 0.15) is 5.82 Å². The van der Waals surface area contributed by atoms with E-state index in [2.05, 4.69) is 29.2 Å². The number of amides is 1. The Morgan fingerprint density at radius 1 is 1.23 bits per heavy atom. The zero-order chi connectivity index (χ0) is 18.1. The third kappa shape index (κ3) is 3.25. The molecule has 0 fully saturated rings. The Balaban J connectivity index is 1.54. The van der Waals surface area contributed by atoms with Gasteiger partial charge in [-0.25, -0.2) is 9.67 Å². The summed E-state index contributed by atoms with van der Waals surface area (Å²) in [4.78, 5) is 17.1. The van der Waals surface area contributed by atoms with Crippen LogP contribution >= 0.6 is 11.3 Å². The van der Waals surface area contributed by atoms with Crippen molar-refractivity contribution in [3.8, 4) is 10.8 Å². The van der Waals surface area contributed by atoms with Crippen LogP contribution < -0.4 is 5.32 Å². The van der Waals surface area contributed by atoms with Gasteiger partial charge in [0.15, 0.2) is 16.5 Å². The molecule has 0 saturated heterocycles. The predicted molar refractivity (Wildman–Crippen MR) is 102 cm³/mol. The highest BCUT2D eigenvalue weighted by Gasteiger charge is 2.16. The van der Waals surface area contributed by atoms with Crippen molar-refractivity contribution in [1.82, 2.24) is 14.8 Å². The number of hydrogen-bond donors (Lipinski definition) is 1. The van der Waals surface area contributed by atoms with E-state index in [0.717, 1.165) is 21.8 Å². The summed E-state index contributed by atoms with van der Waals surface area (Å²) in [6.07, 6.45) is 1.67. The number of fused-ring (bicyclic) bond motifs is 1. The summed E-state index contributed by atoms with van der Waals surface area (Å²) < 4.78 is 8.60. The summed E-state index contributed by atoms with van der Waals surface area (Å²) in [7, 11) is 0. The van der Waals surface area contributed by atoms with Gasteiger partial charge >= 0.3 is 0 Å². The van der Waals surface area contributed by atoms with Crippen LogP contribution in [0.2, 0.25) is 0 Å². The van der Waals surface area contributed by atoms with E-state index >= 15 is 0 Å². The number of nitrogens with one attached hydrogen (secondary N) is 1. The van der Waals surface area contributed by atoms with Crippen molar-refractivity contribution < 1.29 is 9.21 Å². The van der Waals surface area contributed by atoms with E-state index in [1.807, 2.05) is 24.3 Å². The average molecular weight is 366 g/mol. The van der Waals surface area contributed by atoms with Crippen LogP contribution in [0.5, 0.6) is 0 Å². The van der Waals surface area contributed by atoms with Crippen LogP contribution in [0.25, 0.3) is 21.0 Å². The van der Waals surface area contributed by atoms with Crippen molar-refractivity contribution in [2.45, 2.75) is 20.4 Å². The first kappa shape index (κ1) is 16.5. The monoisotopic (exact) mass is 366 g/mol. The van der Waals surface area contributed by atoms with Crippen LogP contribution in [0.3, 0.4) is 0 Å². The van der Waals surface area contributed by atoms with E-state index in [1.54, 1.807) is 29.1 Å². The number of carbonyl (C=O) groups is 1. The van der Waals surface area contributed by atoms with Gasteiger partial charge in [0.05, 0.1) is 16.4 Å². The van der Waals surface area contributed by atoms with Crippen molar-refractivity contribution in [2.75, 3.05) is 5.32 Å². The molecule has 0 aliphatic rings. The third-order valence-corrected chi connectivity index (χ3v) is 4.88. The molecule has 0 aliphatic carbocycles. The zero-order valence-corrected chi connectivity index (χ0v) is 15.3. The Morgan fingerprint density at radius 2 is 2.08 bits per heavy atom. The maximum Gasteiger partial charge on any atom is 0.292 e. The molecule has 26 heavy (non-hydrogen) atoms. The maximum atomic E-state index is 12.5. The Kier molecular flexibility index (Phi) is 4.30. The van der Waals surface area contributed by atoms with Gasteiger partial charge < -0.3 is 9.73 Å². The van der Waals surface area contributed by atoms with E-state index < -0.39 is 0 Å². The molecule has 6 nitrogen and oxygen atoms in total. The van der Waals surface area contributed by atoms with Crippen molar-refractivity contribution in [2.24, 2.45) is 5.92 Å². The highest BCUT2D eigenvalue weighted by atomic mass is 32.1. The molecule has 4 rings (SSSR count). The number of furan rings is 1. The smallest absolute Gasteiger partial charge is 0.292 e. The van der Waals surface area contributed by atoms with Gasteiger partial charge in [-0.2, -0.15) is 5.10 Å². The Morgan fingerprint density at radius 3 is 2.88 bits per heavy atom. The Labute approximate surface area is 154 Å². The number of thiazole rings is 1. The minimum atomic E-state index is -0.303. The molecule has 0 unspecified atom stereocenters. The van der Waals surface area contributed by atoms with Gasteiger partial charge in [0.2, 0.25) is 0 Å². The number of carbonyl (C=O) groups excluding carboxylic acids is 1. The fourth-order valence-electron chi connectivity index (χ4n) is 2.66. The molecule has 0 aliphatic heterocycles. The number of aromatic nitrogens is 3. The lowest BCUT2D eigenvalue weighted by atomic mass is 10.2. The van der Waals surface area contributed by atoms with Crippen molar-refractivity contribution in [3.05, 3.63) is 54.4 Å². The van der Waals surface area contributed by atoms with E-state index in [1.165, 1.54) is 11.3 Å². The van der Waals surface area contributed by atoms with Crippen LogP contribution in [-0.2, 0) is 6.54 Å².